The summed E-state index contributed by atoms with van der Waals surface area (Å²) in [5, 5.41) is 8.50. The van der Waals surface area contributed by atoms with E-state index >= 15 is 0 Å². The molecule has 0 bridgehead atoms. The Kier molecular flexibility index (Phi) is 4.61. The number of rotatable bonds is 5. The summed E-state index contributed by atoms with van der Waals surface area (Å²) in [6.07, 6.45) is 4.94. The van der Waals surface area contributed by atoms with E-state index in [1.807, 2.05) is 0 Å². The number of nitrogens with one attached hydrogen (secondary N) is 2. The van der Waals surface area contributed by atoms with Crippen LogP contribution in [0.3, 0.4) is 0 Å². The molecule has 21 heavy (non-hydrogen) atoms. The first-order valence-electron chi connectivity index (χ1n) is 8.25. The van der Waals surface area contributed by atoms with Crippen LogP contribution in [0.4, 0.5) is 0 Å². The van der Waals surface area contributed by atoms with Crippen molar-refractivity contribution in [3.63, 3.8) is 0 Å². The lowest BCUT2D eigenvalue weighted by Gasteiger charge is -2.22. The standard InChI is InChI=1S/C18H27N3/c1-14(2)21-13-16(17-5-3-4-6-18(17)21)12-20-11-15-7-9-19-10-8-15/h3-6,13-15,19-20H,7-12H2,1-2H3. The molecule has 0 atom stereocenters. The average molecular weight is 285 g/mol. The fraction of sp³-hybridized carbons (Fsp3) is 0.556. The molecule has 114 valence electrons. The van der Waals surface area contributed by atoms with Gasteiger partial charge in [-0.25, -0.2) is 0 Å². The number of hydrogen-bond acceptors (Lipinski definition) is 2. The summed E-state index contributed by atoms with van der Waals surface area (Å²) in [7, 11) is 0. The lowest BCUT2D eigenvalue weighted by molar-refractivity contribution is 0.356. The second-order valence-corrected chi connectivity index (χ2v) is 6.50. The van der Waals surface area contributed by atoms with Crippen molar-refractivity contribution in [1.29, 1.82) is 0 Å². The van der Waals surface area contributed by atoms with Gasteiger partial charge in [0.05, 0.1) is 0 Å². The second kappa shape index (κ2) is 6.63. The highest BCUT2D eigenvalue weighted by Gasteiger charge is 2.13. The summed E-state index contributed by atoms with van der Waals surface area (Å²) >= 11 is 0. The summed E-state index contributed by atoms with van der Waals surface area (Å²) in [5.41, 5.74) is 2.78. The molecule has 1 aromatic heterocycles. The Labute approximate surface area is 127 Å². The molecule has 2 N–H and O–H groups in total. The predicted octanol–water partition coefficient (Wildman–Crippen LogP) is 3.31. The molecule has 1 fully saturated rings. The number of fused-ring (bicyclic) bond motifs is 1. The molecule has 1 saturated heterocycles. The van der Waals surface area contributed by atoms with Gasteiger partial charge in [0.25, 0.3) is 0 Å². The zero-order valence-corrected chi connectivity index (χ0v) is 13.2. The van der Waals surface area contributed by atoms with Crippen LogP contribution in [0.25, 0.3) is 10.9 Å². The van der Waals surface area contributed by atoms with Gasteiger partial charge in [-0.2, -0.15) is 0 Å². The van der Waals surface area contributed by atoms with E-state index in [0.29, 0.717) is 6.04 Å². The monoisotopic (exact) mass is 285 g/mol. The Balaban J connectivity index is 1.68. The van der Waals surface area contributed by atoms with Crippen molar-refractivity contribution in [1.82, 2.24) is 15.2 Å². The second-order valence-electron chi connectivity index (χ2n) is 6.50. The SMILES string of the molecule is CC(C)n1cc(CNCC2CCNCC2)c2ccccc21. The minimum absolute atomic E-state index is 0.507. The quantitative estimate of drug-likeness (QED) is 0.882. The molecule has 0 amide bonds. The van der Waals surface area contributed by atoms with Crippen molar-refractivity contribution in [2.24, 2.45) is 5.92 Å². The summed E-state index contributed by atoms with van der Waals surface area (Å²) in [5.74, 6) is 0.838. The van der Waals surface area contributed by atoms with Crippen LogP contribution in [0.1, 0.15) is 38.3 Å². The molecule has 3 rings (SSSR count). The smallest absolute Gasteiger partial charge is 0.0486 e. The van der Waals surface area contributed by atoms with Crippen LogP contribution in [0, 0.1) is 5.92 Å². The van der Waals surface area contributed by atoms with Gasteiger partial charge >= 0.3 is 0 Å². The molecule has 2 heterocycles. The van der Waals surface area contributed by atoms with Crippen LogP contribution >= 0.6 is 0 Å². The van der Waals surface area contributed by atoms with Crippen molar-refractivity contribution in [2.45, 2.75) is 39.3 Å². The van der Waals surface area contributed by atoms with Crippen LogP contribution in [-0.2, 0) is 6.54 Å². The first kappa shape index (κ1) is 14.6. The third kappa shape index (κ3) is 3.30. The van der Waals surface area contributed by atoms with Gasteiger partial charge in [-0.15, -0.1) is 0 Å². The topological polar surface area (TPSA) is 29.0 Å². The Morgan fingerprint density at radius 2 is 2.00 bits per heavy atom. The number of piperidine rings is 1. The van der Waals surface area contributed by atoms with Gasteiger partial charge in [0.1, 0.15) is 0 Å². The fourth-order valence-corrected chi connectivity index (χ4v) is 3.34. The van der Waals surface area contributed by atoms with E-state index in [0.717, 1.165) is 19.0 Å². The Bertz CT molecular complexity index is 579. The molecule has 3 nitrogen and oxygen atoms in total. The van der Waals surface area contributed by atoms with Crippen molar-refractivity contribution in [2.75, 3.05) is 19.6 Å². The van der Waals surface area contributed by atoms with Crippen LogP contribution in [0.15, 0.2) is 30.5 Å². The molecule has 0 unspecified atom stereocenters. The van der Waals surface area contributed by atoms with E-state index < -0.39 is 0 Å². The van der Waals surface area contributed by atoms with Crippen LogP contribution < -0.4 is 10.6 Å². The molecular formula is C18H27N3. The number of hydrogen-bond donors (Lipinski definition) is 2. The Morgan fingerprint density at radius 3 is 2.76 bits per heavy atom. The van der Waals surface area contributed by atoms with Gasteiger partial charge in [-0.05, 0) is 63.9 Å². The summed E-state index contributed by atoms with van der Waals surface area (Å²) in [6.45, 7) is 8.97. The fourth-order valence-electron chi connectivity index (χ4n) is 3.34. The number of nitrogens with zero attached hydrogens (tertiary/aromatic N) is 1. The predicted molar refractivity (Wildman–Crippen MR) is 89.6 cm³/mol. The maximum Gasteiger partial charge on any atom is 0.0486 e. The Morgan fingerprint density at radius 1 is 1.24 bits per heavy atom. The van der Waals surface area contributed by atoms with E-state index in [1.54, 1.807) is 0 Å². The first-order valence-corrected chi connectivity index (χ1v) is 8.25. The molecule has 1 aliphatic heterocycles. The summed E-state index contributed by atoms with van der Waals surface area (Å²) < 4.78 is 2.39. The number of para-hydroxylation sites is 1. The molecule has 3 heteroatoms. The third-order valence-electron chi connectivity index (χ3n) is 4.59. The maximum absolute atomic E-state index is 3.67. The number of aromatic nitrogens is 1. The van der Waals surface area contributed by atoms with E-state index in [2.05, 4.69) is 59.5 Å². The van der Waals surface area contributed by atoms with Crippen molar-refractivity contribution in [3.8, 4) is 0 Å². The molecule has 0 spiro atoms. The van der Waals surface area contributed by atoms with Gasteiger partial charge < -0.3 is 15.2 Å². The molecule has 1 aromatic carbocycles. The summed E-state index contributed by atoms with van der Waals surface area (Å²) in [4.78, 5) is 0. The average Bonchev–Trinajstić information content (AvgIpc) is 2.88. The summed E-state index contributed by atoms with van der Waals surface area (Å²) in [6, 6.07) is 9.26. The van der Waals surface area contributed by atoms with E-state index in [4.69, 9.17) is 0 Å². The normalized spacial score (nSPS) is 16.9. The minimum atomic E-state index is 0.507. The largest absolute Gasteiger partial charge is 0.345 e. The highest BCUT2D eigenvalue weighted by Crippen LogP contribution is 2.24. The molecule has 0 saturated carbocycles. The van der Waals surface area contributed by atoms with Crippen molar-refractivity contribution >= 4 is 10.9 Å². The molecule has 0 radical (unpaired) electrons. The highest BCUT2D eigenvalue weighted by molar-refractivity contribution is 5.84. The van der Waals surface area contributed by atoms with E-state index in [9.17, 15) is 0 Å². The molecular weight excluding hydrogens is 258 g/mol. The van der Waals surface area contributed by atoms with Gasteiger partial charge in [0.15, 0.2) is 0 Å². The lowest BCUT2D eigenvalue weighted by Crippen LogP contribution is -2.33. The van der Waals surface area contributed by atoms with E-state index in [-0.39, 0.29) is 0 Å². The van der Waals surface area contributed by atoms with Crippen molar-refractivity contribution < 1.29 is 0 Å². The highest BCUT2D eigenvalue weighted by atomic mass is 15.0. The van der Waals surface area contributed by atoms with Gasteiger partial charge in [0, 0.05) is 29.7 Å². The Hall–Kier alpha value is -1.32. The van der Waals surface area contributed by atoms with Crippen LogP contribution in [-0.4, -0.2) is 24.2 Å². The molecule has 0 aliphatic carbocycles. The van der Waals surface area contributed by atoms with Gasteiger partial charge in [-0.1, -0.05) is 18.2 Å². The zero-order chi connectivity index (χ0) is 14.7. The number of benzene rings is 1. The van der Waals surface area contributed by atoms with E-state index in [1.165, 1.54) is 42.4 Å². The zero-order valence-electron chi connectivity index (χ0n) is 13.2. The maximum atomic E-state index is 3.67. The molecule has 2 aromatic rings. The minimum Gasteiger partial charge on any atom is -0.345 e. The molecule has 1 aliphatic rings. The van der Waals surface area contributed by atoms with Gasteiger partial charge in [0.2, 0.25) is 0 Å². The lowest BCUT2D eigenvalue weighted by atomic mass is 9.98. The van der Waals surface area contributed by atoms with Crippen LogP contribution in [0.2, 0.25) is 0 Å². The third-order valence-corrected chi connectivity index (χ3v) is 4.59. The van der Waals surface area contributed by atoms with Crippen LogP contribution in [0.5, 0.6) is 0 Å². The van der Waals surface area contributed by atoms with Crippen molar-refractivity contribution in [3.05, 3.63) is 36.0 Å². The first-order chi connectivity index (χ1) is 10.3. The van der Waals surface area contributed by atoms with Gasteiger partial charge in [-0.3, -0.25) is 0 Å².